The maximum absolute atomic E-state index is 4.29. The molecule has 0 saturated carbocycles. The number of aromatic nitrogens is 1. The van der Waals surface area contributed by atoms with E-state index in [9.17, 15) is 0 Å². The molecule has 0 aromatic carbocycles. The fourth-order valence-corrected chi connectivity index (χ4v) is 0.946. The Bertz CT molecular complexity index is 221. The van der Waals surface area contributed by atoms with Crippen molar-refractivity contribution >= 4 is 5.82 Å². The van der Waals surface area contributed by atoms with Crippen molar-refractivity contribution in [3.63, 3.8) is 0 Å². The zero-order chi connectivity index (χ0) is 8.81. The van der Waals surface area contributed by atoms with Crippen LogP contribution < -0.4 is 51.4 Å². The predicted molar refractivity (Wildman–Crippen MR) is 51.8 cm³/mol. The van der Waals surface area contributed by atoms with Crippen molar-refractivity contribution in [3.05, 3.63) is 29.2 Å². The summed E-state index contributed by atoms with van der Waals surface area (Å²) in [5.74, 6) is 0.856. The predicted octanol–water partition coefficient (Wildman–Crippen LogP) is 0.0632. The van der Waals surface area contributed by atoms with Gasteiger partial charge in [0.05, 0.1) is 0 Å². The van der Waals surface area contributed by atoms with Gasteiger partial charge in [-0.25, -0.2) is 0 Å². The van der Waals surface area contributed by atoms with E-state index in [4.69, 9.17) is 0 Å². The maximum Gasteiger partial charge on any atom is 1.00 e. The minimum absolute atomic E-state index is 0. The van der Waals surface area contributed by atoms with Crippen molar-refractivity contribution in [3.8, 4) is 0 Å². The summed E-state index contributed by atoms with van der Waals surface area (Å²) in [6, 6.07) is 4.07. The Morgan fingerprint density at radius 2 is 2.08 bits per heavy atom. The third-order valence-electron chi connectivity index (χ3n) is 1.71. The van der Waals surface area contributed by atoms with Crippen molar-refractivity contribution in [1.29, 1.82) is 0 Å². The molecule has 0 radical (unpaired) electrons. The Morgan fingerprint density at radius 1 is 1.31 bits per heavy atom. The van der Waals surface area contributed by atoms with Gasteiger partial charge >= 0.3 is 51.4 Å². The number of nitrogens with zero attached hydrogens (tertiary/aromatic N) is 2. The first-order valence-electron chi connectivity index (χ1n) is 4.49. The first-order chi connectivity index (χ1) is 5.86. The molecule has 0 amide bonds. The van der Waals surface area contributed by atoms with Crippen molar-refractivity contribution in [2.24, 2.45) is 0 Å². The molecule has 1 rings (SSSR count). The Morgan fingerprint density at radius 3 is 2.54 bits per heavy atom. The molecule has 66 valence electrons. The SMILES string of the molecule is CCC[N-]c1ccc(CC)cn1.[K+]. The van der Waals surface area contributed by atoms with Crippen molar-refractivity contribution in [1.82, 2.24) is 4.98 Å². The topological polar surface area (TPSA) is 27.0 Å². The molecule has 0 spiro atoms. The van der Waals surface area contributed by atoms with Crippen molar-refractivity contribution in [2.75, 3.05) is 6.54 Å². The van der Waals surface area contributed by atoms with Crippen LogP contribution in [0.4, 0.5) is 5.82 Å². The van der Waals surface area contributed by atoms with Crippen LogP contribution in [0, 0.1) is 0 Å². The van der Waals surface area contributed by atoms with Gasteiger partial charge in [0, 0.05) is 0 Å². The van der Waals surface area contributed by atoms with Gasteiger partial charge in [-0.05, 0) is 6.42 Å². The molecule has 1 aromatic rings. The van der Waals surface area contributed by atoms with Crippen LogP contribution >= 0.6 is 0 Å². The molecule has 0 unspecified atom stereocenters. The fraction of sp³-hybridized carbons (Fsp3) is 0.500. The summed E-state index contributed by atoms with van der Waals surface area (Å²) in [5, 5.41) is 4.29. The molecule has 2 nitrogen and oxygen atoms in total. The third-order valence-corrected chi connectivity index (χ3v) is 1.71. The summed E-state index contributed by atoms with van der Waals surface area (Å²) in [6.07, 6.45) is 4.02. The second-order valence-corrected chi connectivity index (χ2v) is 2.76. The number of hydrogen-bond donors (Lipinski definition) is 0. The van der Waals surface area contributed by atoms with Crippen LogP contribution in [0.1, 0.15) is 25.8 Å². The largest absolute Gasteiger partial charge is 1.00 e. The van der Waals surface area contributed by atoms with E-state index >= 15 is 0 Å². The number of aryl methyl sites for hydroxylation is 1. The average Bonchev–Trinajstić information content (AvgIpc) is 2.15. The zero-order valence-electron chi connectivity index (χ0n) is 8.75. The van der Waals surface area contributed by atoms with Crippen molar-refractivity contribution < 1.29 is 51.4 Å². The van der Waals surface area contributed by atoms with Crippen LogP contribution in [-0.2, 0) is 6.42 Å². The van der Waals surface area contributed by atoms with Crippen LogP contribution in [0.2, 0.25) is 0 Å². The van der Waals surface area contributed by atoms with E-state index in [1.807, 2.05) is 12.3 Å². The summed E-state index contributed by atoms with van der Waals surface area (Å²) >= 11 is 0. The molecule has 13 heavy (non-hydrogen) atoms. The molecule has 0 fully saturated rings. The second kappa shape index (κ2) is 7.94. The van der Waals surface area contributed by atoms with E-state index < -0.39 is 0 Å². The summed E-state index contributed by atoms with van der Waals surface area (Å²) in [6.45, 7) is 5.11. The molecule has 0 saturated heterocycles. The number of hydrogen-bond acceptors (Lipinski definition) is 1. The molecule has 0 N–H and O–H groups in total. The van der Waals surface area contributed by atoms with Gasteiger partial charge in [-0.1, -0.05) is 56.5 Å². The zero-order valence-corrected chi connectivity index (χ0v) is 11.9. The maximum atomic E-state index is 4.29. The van der Waals surface area contributed by atoms with Gasteiger partial charge in [0.1, 0.15) is 0 Å². The van der Waals surface area contributed by atoms with Gasteiger partial charge in [0.2, 0.25) is 0 Å². The Hall–Kier alpha value is 0.586. The number of pyridine rings is 1. The minimum Gasteiger partial charge on any atom is -0.466 e. The molecule has 0 aliphatic rings. The van der Waals surface area contributed by atoms with Gasteiger partial charge in [0.25, 0.3) is 0 Å². The molecule has 1 aromatic heterocycles. The molecule has 1 heterocycles. The summed E-state index contributed by atoms with van der Waals surface area (Å²) in [4.78, 5) is 4.22. The van der Waals surface area contributed by atoms with Crippen LogP contribution in [-0.4, -0.2) is 11.5 Å². The van der Waals surface area contributed by atoms with Gasteiger partial charge < -0.3 is 10.3 Å². The quantitative estimate of drug-likeness (QED) is 0.635. The Kier molecular flexibility index (Phi) is 8.30. The minimum atomic E-state index is 0. The smallest absolute Gasteiger partial charge is 0.466 e. The normalized spacial score (nSPS) is 9.08. The Balaban J connectivity index is 0.00000144. The van der Waals surface area contributed by atoms with E-state index in [0.717, 1.165) is 25.2 Å². The molecule has 0 atom stereocenters. The van der Waals surface area contributed by atoms with E-state index in [1.54, 1.807) is 0 Å². The molecular formula is C10H15KN2. The first-order valence-corrected chi connectivity index (χ1v) is 4.49. The van der Waals surface area contributed by atoms with Crippen LogP contribution in [0.3, 0.4) is 0 Å². The van der Waals surface area contributed by atoms with E-state index in [1.165, 1.54) is 5.56 Å². The Labute approximate surface area is 123 Å². The second-order valence-electron chi connectivity index (χ2n) is 2.76. The third kappa shape index (κ3) is 5.13. The average molecular weight is 202 g/mol. The van der Waals surface area contributed by atoms with E-state index in [-0.39, 0.29) is 51.4 Å². The van der Waals surface area contributed by atoms with Crippen molar-refractivity contribution in [2.45, 2.75) is 26.7 Å². The summed E-state index contributed by atoms with van der Waals surface area (Å²) in [7, 11) is 0. The van der Waals surface area contributed by atoms with Gasteiger partial charge in [-0.2, -0.15) is 0 Å². The molecule has 0 bridgehead atoms. The van der Waals surface area contributed by atoms with Crippen LogP contribution in [0.25, 0.3) is 5.32 Å². The standard InChI is InChI=1S/C10H15N2.K/c1-3-7-11-10-6-5-9(4-2)8-12-10;/h5-6,8H,3-4,7H2,1-2H3;/q-1;+1. The molecular weight excluding hydrogens is 187 g/mol. The van der Waals surface area contributed by atoms with Crippen LogP contribution in [0.15, 0.2) is 18.3 Å². The van der Waals surface area contributed by atoms with Gasteiger partial charge in [-0.15, -0.1) is 0 Å². The van der Waals surface area contributed by atoms with Gasteiger partial charge in [-0.3, -0.25) is 0 Å². The number of rotatable bonds is 4. The summed E-state index contributed by atoms with van der Waals surface area (Å²) in [5.41, 5.74) is 1.27. The summed E-state index contributed by atoms with van der Waals surface area (Å²) < 4.78 is 0. The van der Waals surface area contributed by atoms with Gasteiger partial charge in [0.15, 0.2) is 0 Å². The van der Waals surface area contributed by atoms with E-state index in [0.29, 0.717) is 0 Å². The molecule has 0 aliphatic carbocycles. The van der Waals surface area contributed by atoms with Crippen LogP contribution in [0.5, 0.6) is 0 Å². The molecule has 0 aliphatic heterocycles. The first kappa shape index (κ1) is 13.6. The monoisotopic (exact) mass is 202 g/mol. The van der Waals surface area contributed by atoms with E-state index in [2.05, 4.69) is 30.2 Å². The molecule has 3 heteroatoms. The fourth-order valence-electron chi connectivity index (χ4n) is 0.946.